The van der Waals surface area contributed by atoms with E-state index in [0.717, 1.165) is 26.1 Å². The highest BCUT2D eigenvalue weighted by atomic mass is 16.5. The van der Waals surface area contributed by atoms with Gasteiger partial charge in [-0.3, -0.25) is 4.79 Å². The van der Waals surface area contributed by atoms with Gasteiger partial charge >= 0.3 is 0 Å². The lowest BCUT2D eigenvalue weighted by Gasteiger charge is -2.21. The van der Waals surface area contributed by atoms with Crippen molar-refractivity contribution in [1.82, 2.24) is 0 Å². The molecule has 0 bridgehead atoms. The molecular formula is C16H22O2. The van der Waals surface area contributed by atoms with Crippen LogP contribution in [0, 0.1) is 26.7 Å². The van der Waals surface area contributed by atoms with Crippen molar-refractivity contribution in [2.24, 2.45) is 5.92 Å². The Morgan fingerprint density at radius 2 is 1.72 bits per heavy atom. The number of hydrogen-bond donors (Lipinski definition) is 0. The highest BCUT2D eigenvalue weighted by molar-refractivity contribution is 5.84. The highest BCUT2D eigenvalue weighted by Crippen LogP contribution is 2.22. The Bertz CT molecular complexity index is 419. The molecule has 1 aromatic carbocycles. The number of ether oxygens (including phenoxy) is 1. The second-order valence-electron chi connectivity index (χ2n) is 5.41. The topological polar surface area (TPSA) is 26.3 Å². The molecule has 0 saturated carbocycles. The van der Waals surface area contributed by atoms with E-state index in [1.165, 1.54) is 22.3 Å². The molecule has 2 heteroatoms. The predicted octanol–water partition coefficient (Wildman–Crippen LogP) is 3.15. The van der Waals surface area contributed by atoms with Gasteiger partial charge in [-0.05, 0) is 50.3 Å². The molecule has 0 radical (unpaired) electrons. The fraction of sp³-hybridized carbons (Fsp3) is 0.562. The second kappa shape index (κ2) is 5.66. The molecule has 1 aromatic rings. The molecule has 18 heavy (non-hydrogen) atoms. The highest BCUT2D eigenvalue weighted by Gasteiger charge is 2.22. The summed E-state index contributed by atoms with van der Waals surface area (Å²) in [6.45, 7) is 7.79. The summed E-state index contributed by atoms with van der Waals surface area (Å²) in [5.74, 6) is 0.590. The molecule has 1 heterocycles. The van der Waals surface area contributed by atoms with Gasteiger partial charge in [0.2, 0.25) is 0 Å². The molecule has 1 saturated heterocycles. The lowest BCUT2D eigenvalue weighted by molar-refractivity contribution is -0.125. The maximum atomic E-state index is 12.3. The van der Waals surface area contributed by atoms with Crippen LogP contribution in [0.25, 0.3) is 0 Å². The Balaban J connectivity index is 2.11. The van der Waals surface area contributed by atoms with Crippen molar-refractivity contribution in [2.75, 3.05) is 13.2 Å². The Morgan fingerprint density at radius 3 is 2.28 bits per heavy atom. The summed E-state index contributed by atoms with van der Waals surface area (Å²) in [5, 5.41) is 0. The minimum absolute atomic E-state index is 0.207. The van der Waals surface area contributed by atoms with Crippen molar-refractivity contribution in [2.45, 2.75) is 40.0 Å². The molecule has 0 N–H and O–H groups in total. The first-order valence-electron chi connectivity index (χ1n) is 6.75. The first kappa shape index (κ1) is 13.3. The first-order chi connectivity index (χ1) is 8.58. The van der Waals surface area contributed by atoms with Crippen molar-refractivity contribution < 1.29 is 9.53 Å². The van der Waals surface area contributed by atoms with Gasteiger partial charge in [-0.1, -0.05) is 17.7 Å². The third-order valence-electron chi connectivity index (χ3n) is 3.87. The van der Waals surface area contributed by atoms with Crippen molar-refractivity contribution in [3.63, 3.8) is 0 Å². The van der Waals surface area contributed by atoms with E-state index in [1.54, 1.807) is 0 Å². The number of Topliss-reactive ketones (excluding diaryl/α,β-unsaturated/α-hetero) is 1. The van der Waals surface area contributed by atoms with Crippen molar-refractivity contribution in [3.8, 4) is 0 Å². The molecule has 98 valence electrons. The van der Waals surface area contributed by atoms with Crippen LogP contribution in [0.15, 0.2) is 12.1 Å². The minimum Gasteiger partial charge on any atom is -0.381 e. The molecule has 1 aliphatic heterocycles. The van der Waals surface area contributed by atoms with E-state index in [-0.39, 0.29) is 5.92 Å². The van der Waals surface area contributed by atoms with Gasteiger partial charge < -0.3 is 4.74 Å². The fourth-order valence-electron chi connectivity index (χ4n) is 2.83. The van der Waals surface area contributed by atoms with Gasteiger partial charge in [-0.15, -0.1) is 0 Å². The second-order valence-corrected chi connectivity index (χ2v) is 5.41. The summed E-state index contributed by atoms with van der Waals surface area (Å²) >= 11 is 0. The lowest BCUT2D eigenvalue weighted by atomic mass is 9.88. The zero-order chi connectivity index (χ0) is 13.1. The van der Waals surface area contributed by atoms with Gasteiger partial charge in [0.15, 0.2) is 0 Å². The normalized spacial score (nSPS) is 16.8. The zero-order valence-electron chi connectivity index (χ0n) is 11.6. The Morgan fingerprint density at radius 1 is 1.17 bits per heavy atom. The summed E-state index contributed by atoms with van der Waals surface area (Å²) < 4.78 is 5.31. The molecule has 0 atom stereocenters. The molecule has 0 aromatic heterocycles. The monoisotopic (exact) mass is 246 g/mol. The smallest absolute Gasteiger partial charge is 0.140 e. The zero-order valence-corrected chi connectivity index (χ0v) is 11.6. The average Bonchev–Trinajstić information content (AvgIpc) is 2.34. The first-order valence-corrected chi connectivity index (χ1v) is 6.75. The number of carbonyl (C=O) groups excluding carboxylic acids is 1. The Labute approximate surface area is 109 Å². The molecule has 0 unspecified atom stereocenters. The largest absolute Gasteiger partial charge is 0.381 e. The van der Waals surface area contributed by atoms with Crippen LogP contribution in [-0.4, -0.2) is 19.0 Å². The summed E-state index contributed by atoms with van der Waals surface area (Å²) in [4.78, 5) is 12.3. The van der Waals surface area contributed by atoms with E-state index < -0.39 is 0 Å². The number of aryl methyl sites for hydroxylation is 3. The van der Waals surface area contributed by atoms with Crippen LogP contribution in [0.1, 0.15) is 35.1 Å². The molecule has 0 aliphatic carbocycles. The predicted molar refractivity (Wildman–Crippen MR) is 72.9 cm³/mol. The maximum absolute atomic E-state index is 12.3. The van der Waals surface area contributed by atoms with Gasteiger partial charge in [-0.2, -0.15) is 0 Å². The Hall–Kier alpha value is -1.15. The molecule has 0 amide bonds. The van der Waals surface area contributed by atoms with Gasteiger partial charge in [-0.25, -0.2) is 0 Å². The molecule has 1 fully saturated rings. The van der Waals surface area contributed by atoms with Crippen molar-refractivity contribution >= 4 is 5.78 Å². The van der Waals surface area contributed by atoms with E-state index in [2.05, 4.69) is 32.9 Å². The molecule has 0 spiro atoms. The maximum Gasteiger partial charge on any atom is 0.140 e. The van der Waals surface area contributed by atoms with Crippen LogP contribution in [0.3, 0.4) is 0 Å². The number of rotatable bonds is 3. The molecular weight excluding hydrogens is 224 g/mol. The number of carbonyl (C=O) groups is 1. The van der Waals surface area contributed by atoms with E-state index in [9.17, 15) is 4.79 Å². The SMILES string of the molecule is Cc1cc(C)c(CC(=O)C2CCOCC2)c(C)c1. The third kappa shape index (κ3) is 2.99. The Kier molecular flexibility index (Phi) is 4.18. The van der Waals surface area contributed by atoms with Crippen molar-refractivity contribution in [1.29, 1.82) is 0 Å². The van der Waals surface area contributed by atoms with E-state index in [0.29, 0.717) is 12.2 Å². The molecule has 2 nitrogen and oxygen atoms in total. The fourth-order valence-corrected chi connectivity index (χ4v) is 2.83. The van der Waals surface area contributed by atoms with Crippen LogP contribution < -0.4 is 0 Å². The van der Waals surface area contributed by atoms with E-state index in [4.69, 9.17) is 4.74 Å². The summed E-state index contributed by atoms with van der Waals surface area (Å²) in [6, 6.07) is 4.33. The summed E-state index contributed by atoms with van der Waals surface area (Å²) in [6.07, 6.45) is 2.37. The van der Waals surface area contributed by atoms with Gasteiger partial charge in [0.25, 0.3) is 0 Å². The van der Waals surface area contributed by atoms with E-state index in [1.807, 2.05) is 0 Å². The third-order valence-corrected chi connectivity index (χ3v) is 3.87. The van der Waals surface area contributed by atoms with Crippen LogP contribution in [0.4, 0.5) is 0 Å². The standard InChI is InChI=1S/C16H22O2/c1-11-8-12(2)15(13(3)9-11)10-16(17)14-4-6-18-7-5-14/h8-9,14H,4-7,10H2,1-3H3. The van der Waals surface area contributed by atoms with Crippen LogP contribution in [0.2, 0.25) is 0 Å². The number of ketones is 1. The van der Waals surface area contributed by atoms with Gasteiger partial charge in [0, 0.05) is 25.6 Å². The number of benzene rings is 1. The van der Waals surface area contributed by atoms with Crippen LogP contribution in [-0.2, 0) is 16.0 Å². The van der Waals surface area contributed by atoms with Crippen molar-refractivity contribution in [3.05, 3.63) is 34.4 Å². The summed E-state index contributed by atoms with van der Waals surface area (Å²) in [5.41, 5.74) is 4.98. The van der Waals surface area contributed by atoms with E-state index >= 15 is 0 Å². The average molecular weight is 246 g/mol. The summed E-state index contributed by atoms with van der Waals surface area (Å²) in [7, 11) is 0. The quantitative estimate of drug-likeness (QED) is 0.819. The van der Waals surface area contributed by atoms with Crippen LogP contribution in [0.5, 0.6) is 0 Å². The molecule has 1 aliphatic rings. The molecule has 2 rings (SSSR count). The van der Waals surface area contributed by atoms with Crippen LogP contribution >= 0.6 is 0 Å². The van der Waals surface area contributed by atoms with Gasteiger partial charge in [0.1, 0.15) is 5.78 Å². The minimum atomic E-state index is 0.207. The van der Waals surface area contributed by atoms with Gasteiger partial charge in [0.05, 0.1) is 0 Å². The number of hydrogen-bond acceptors (Lipinski definition) is 2. The lowest BCUT2D eigenvalue weighted by Crippen LogP contribution is -2.25.